The Morgan fingerprint density at radius 1 is 1.03 bits per heavy atom. The van der Waals surface area contributed by atoms with Crippen LogP contribution in [0.2, 0.25) is 0 Å². The van der Waals surface area contributed by atoms with Crippen molar-refractivity contribution in [1.29, 1.82) is 0 Å². The molecule has 0 bridgehead atoms. The first-order valence-electron chi connectivity index (χ1n) is 9.70. The number of carbonyl (C=O) groups is 1. The highest BCUT2D eigenvalue weighted by Gasteiger charge is 2.19. The monoisotopic (exact) mass is 458 g/mol. The minimum absolute atomic E-state index is 0.0507. The van der Waals surface area contributed by atoms with E-state index < -0.39 is 10.0 Å². The highest BCUT2D eigenvalue weighted by Crippen LogP contribution is 2.26. The third-order valence-corrected chi connectivity index (χ3v) is 5.96. The number of likely N-dealkylation sites (N-methyl/N-ethyl adjacent to an activating group) is 1. The van der Waals surface area contributed by atoms with Crippen LogP contribution < -0.4 is 14.2 Å². The summed E-state index contributed by atoms with van der Waals surface area (Å²) in [6.07, 6.45) is 0. The summed E-state index contributed by atoms with van der Waals surface area (Å²) in [7, 11) is -0.906. The van der Waals surface area contributed by atoms with Crippen molar-refractivity contribution in [2.75, 3.05) is 32.0 Å². The van der Waals surface area contributed by atoms with Crippen LogP contribution in [0, 0.1) is 5.82 Å². The molecule has 168 valence electrons. The Kier molecular flexibility index (Phi) is 7.32. The van der Waals surface area contributed by atoms with E-state index in [1.165, 1.54) is 54.5 Å². The van der Waals surface area contributed by atoms with Crippen molar-refractivity contribution < 1.29 is 27.1 Å². The van der Waals surface area contributed by atoms with Crippen molar-refractivity contribution in [2.45, 2.75) is 4.90 Å². The summed E-state index contributed by atoms with van der Waals surface area (Å²) in [6.45, 7) is 0.452. The highest BCUT2D eigenvalue weighted by molar-refractivity contribution is 7.92. The SMILES string of the molecule is COc1ccccc1NS(=O)(=O)c1cccc(C(=O)N(C)CCOc2ccc(F)cc2)c1. The number of carbonyl (C=O) groups excluding carboxylic acids is 1. The normalized spacial score (nSPS) is 11.0. The van der Waals surface area contributed by atoms with Crippen LogP contribution in [0.25, 0.3) is 0 Å². The third kappa shape index (κ3) is 5.76. The largest absolute Gasteiger partial charge is 0.495 e. The predicted octanol–water partition coefficient (Wildman–Crippen LogP) is 3.79. The number of benzene rings is 3. The molecule has 3 aromatic carbocycles. The molecule has 0 aliphatic carbocycles. The Balaban J connectivity index is 1.67. The van der Waals surface area contributed by atoms with Gasteiger partial charge in [0, 0.05) is 12.6 Å². The van der Waals surface area contributed by atoms with Crippen LogP contribution >= 0.6 is 0 Å². The first kappa shape index (κ1) is 23.1. The van der Waals surface area contributed by atoms with Gasteiger partial charge >= 0.3 is 0 Å². The van der Waals surface area contributed by atoms with E-state index in [0.717, 1.165) is 0 Å². The van der Waals surface area contributed by atoms with Gasteiger partial charge in [-0.2, -0.15) is 0 Å². The van der Waals surface area contributed by atoms with E-state index in [2.05, 4.69) is 4.72 Å². The van der Waals surface area contributed by atoms with Gasteiger partial charge in [0.15, 0.2) is 0 Å². The second-order valence-corrected chi connectivity index (χ2v) is 8.55. The predicted molar refractivity (Wildman–Crippen MR) is 119 cm³/mol. The van der Waals surface area contributed by atoms with Crippen LogP contribution in [0.5, 0.6) is 11.5 Å². The fourth-order valence-corrected chi connectivity index (χ4v) is 4.00. The van der Waals surface area contributed by atoms with E-state index in [4.69, 9.17) is 9.47 Å². The van der Waals surface area contributed by atoms with Crippen LogP contribution in [0.15, 0.2) is 77.7 Å². The average molecular weight is 459 g/mol. The van der Waals surface area contributed by atoms with Gasteiger partial charge in [-0.1, -0.05) is 18.2 Å². The summed E-state index contributed by atoms with van der Waals surface area (Å²) in [5.74, 6) is 0.147. The molecule has 0 aromatic heterocycles. The summed E-state index contributed by atoms with van der Waals surface area (Å²) in [5.41, 5.74) is 0.513. The molecule has 0 fully saturated rings. The molecule has 0 saturated heterocycles. The first-order valence-corrected chi connectivity index (χ1v) is 11.2. The topological polar surface area (TPSA) is 84.9 Å². The van der Waals surface area contributed by atoms with Gasteiger partial charge < -0.3 is 14.4 Å². The van der Waals surface area contributed by atoms with Crippen molar-refractivity contribution in [3.63, 3.8) is 0 Å². The van der Waals surface area contributed by atoms with Gasteiger partial charge in [0.25, 0.3) is 15.9 Å². The molecule has 0 radical (unpaired) electrons. The van der Waals surface area contributed by atoms with Gasteiger partial charge in [0.2, 0.25) is 0 Å². The van der Waals surface area contributed by atoms with Gasteiger partial charge in [-0.3, -0.25) is 9.52 Å². The van der Waals surface area contributed by atoms with E-state index in [1.807, 2.05) is 0 Å². The summed E-state index contributed by atoms with van der Waals surface area (Å²) < 4.78 is 51.8. The fourth-order valence-electron chi connectivity index (χ4n) is 2.88. The summed E-state index contributed by atoms with van der Waals surface area (Å²) >= 11 is 0. The molecule has 0 atom stereocenters. The summed E-state index contributed by atoms with van der Waals surface area (Å²) in [6, 6.07) is 18.0. The Morgan fingerprint density at radius 3 is 2.47 bits per heavy atom. The maximum Gasteiger partial charge on any atom is 0.262 e. The quantitative estimate of drug-likeness (QED) is 0.528. The van der Waals surface area contributed by atoms with Gasteiger partial charge in [-0.25, -0.2) is 12.8 Å². The minimum atomic E-state index is -3.94. The lowest BCUT2D eigenvalue weighted by atomic mass is 10.2. The van der Waals surface area contributed by atoms with Crippen molar-refractivity contribution >= 4 is 21.6 Å². The molecule has 7 nitrogen and oxygen atoms in total. The van der Waals surface area contributed by atoms with Gasteiger partial charge in [0.05, 0.1) is 24.2 Å². The zero-order chi connectivity index (χ0) is 23.1. The van der Waals surface area contributed by atoms with Crippen LogP contribution in [-0.2, 0) is 10.0 Å². The molecule has 3 rings (SSSR count). The number of nitrogens with one attached hydrogen (secondary N) is 1. The molecular weight excluding hydrogens is 435 g/mol. The molecular formula is C23H23FN2O5S. The number of hydrogen-bond donors (Lipinski definition) is 1. The second kappa shape index (κ2) is 10.1. The lowest BCUT2D eigenvalue weighted by Crippen LogP contribution is -2.31. The number of para-hydroxylation sites is 2. The number of halogens is 1. The number of sulfonamides is 1. The van der Waals surface area contributed by atoms with Gasteiger partial charge in [-0.05, 0) is 54.6 Å². The van der Waals surface area contributed by atoms with Crippen molar-refractivity contribution in [3.05, 3.63) is 84.2 Å². The summed E-state index contributed by atoms with van der Waals surface area (Å²) in [4.78, 5) is 14.1. The minimum Gasteiger partial charge on any atom is -0.495 e. The molecule has 0 saturated carbocycles. The first-order chi connectivity index (χ1) is 15.3. The third-order valence-electron chi connectivity index (χ3n) is 4.60. The number of ether oxygens (including phenoxy) is 2. The molecule has 0 heterocycles. The molecule has 3 aromatic rings. The number of hydrogen-bond acceptors (Lipinski definition) is 5. The van der Waals surface area contributed by atoms with E-state index >= 15 is 0 Å². The zero-order valence-corrected chi connectivity index (χ0v) is 18.4. The van der Waals surface area contributed by atoms with Gasteiger partial charge in [0.1, 0.15) is 23.9 Å². The zero-order valence-electron chi connectivity index (χ0n) is 17.6. The van der Waals surface area contributed by atoms with E-state index in [0.29, 0.717) is 17.2 Å². The molecule has 32 heavy (non-hydrogen) atoms. The molecule has 9 heteroatoms. The van der Waals surface area contributed by atoms with Gasteiger partial charge in [-0.15, -0.1) is 0 Å². The Bertz CT molecular complexity index is 1180. The average Bonchev–Trinajstić information content (AvgIpc) is 2.80. The van der Waals surface area contributed by atoms with Crippen molar-refractivity contribution in [1.82, 2.24) is 4.90 Å². The van der Waals surface area contributed by atoms with Crippen LogP contribution in [0.1, 0.15) is 10.4 Å². The molecule has 1 amide bonds. The molecule has 0 unspecified atom stereocenters. The number of amides is 1. The van der Waals surface area contributed by atoms with Crippen LogP contribution in [0.4, 0.5) is 10.1 Å². The molecule has 1 N–H and O–H groups in total. The number of nitrogens with zero attached hydrogens (tertiary/aromatic N) is 1. The van der Waals surface area contributed by atoms with E-state index in [-0.39, 0.29) is 35.3 Å². The number of anilines is 1. The maximum atomic E-state index is 12.9. The van der Waals surface area contributed by atoms with Crippen molar-refractivity contribution in [2.24, 2.45) is 0 Å². The molecule has 0 aliphatic rings. The smallest absolute Gasteiger partial charge is 0.262 e. The Hall–Kier alpha value is -3.59. The maximum absolute atomic E-state index is 12.9. The fraction of sp³-hybridized carbons (Fsp3) is 0.174. The number of methoxy groups -OCH3 is 1. The van der Waals surface area contributed by atoms with Crippen LogP contribution in [-0.4, -0.2) is 46.5 Å². The lowest BCUT2D eigenvalue weighted by Gasteiger charge is -2.18. The van der Waals surface area contributed by atoms with E-state index in [1.54, 1.807) is 37.4 Å². The molecule has 0 spiro atoms. The summed E-state index contributed by atoms with van der Waals surface area (Å²) in [5, 5.41) is 0. The lowest BCUT2D eigenvalue weighted by molar-refractivity contribution is 0.0773. The van der Waals surface area contributed by atoms with Crippen LogP contribution in [0.3, 0.4) is 0 Å². The van der Waals surface area contributed by atoms with E-state index in [9.17, 15) is 17.6 Å². The standard InChI is InChI=1S/C23H23FN2O5S/c1-26(14-15-31-19-12-10-18(24)11-13-19)23(27)17-6-5-7-20(16-17)32(28,29)25-21-8-3-4-9-22(21)30-2/h3-13,16,25H,14-15H2,1-2H3. The highest BCUT2D eigenvalue weighted by atomic mass is 32.2. The second-order valence-electron chi connectivity index (χ2n) is 6.86. The molecule has 0 aliphatic heterocycles. The van der Waals surface area contributed by atoms with Crippen molar-refractivity contribution in [3.8, 4) is 11.5 Å². The number of rotatable bonds is 9. The Labute approximate surface area is 186 Å². The Morgan fingerprint density at radius 2 is 1.75 bits per heavy atom.